The molecule has 2 atom stereocenters. The maximum atomic E-state index is 13.8. The molecule has 0 aliphatic heterocycles. The van der Waals surface area contributed by atoms with Crippen LogP contribution in [0.25, 0.3) is 0 Å². The van der Waals surface area contributed by atoms with Gasteiger partial charge in [0.05, 0.1) is 6.26 Å². The molecule has 0 saturated carbocycles. The van der Waals surface area contributed by atoms with Crippen molar-refractivity contribution in [1.82, 2.24) is 4.98 Å². The lowest BCUT2D eigenvalue weighted by molar-refractivity contribution is -0.274. The van der Waals surface area contributed by atoms with Gasteiger partial charge in [-0.3, -0.25) is 4.72 Å². The molecule has 0 spiro atoms. The van der Waals surface area contributed by atoms with E-state index < -0.39 is 33.3 Å². The molecule has 0 aliphatic carbocycles. The Morgan fingerprint density at radius 2 is 1.81 bits per heavy atom. The van der Waals surface area contributed by atoms with Crippen LogP contribution in [-0.4, -0.2) is 30.9 Å². The molecule has 0 fully saturated rings. The summed E-state index contributed by atoms with van der Waals surface area (Å²) in [5, 5.41) is 10.3. The predicted molar refractivity (Wildman–Crippen MR) is 97.5 cm³/mol. The summed E-state index contributed by atoms with van der Waals surface area (Å²) < 4.78 is 66.3. The first kappa shape index (κ1) is 21.7. The summed E-state index contributed by atoms with van der Waals surface area (Å²) in [5.41, 5.74) is -3.73. The van der Waals surface area contributed by atoms with Crippen molar-refractivity contribution in [1.29, 1.82) is 0 Å². The maximum absolute atomic E-state index is 13.8. The Morgan fingerprint density at radius 1 is 1.19 bits per heavy atom. The molecule has 0 aliphatic rings. The zero-order valence-corrected chi connectivity index (χ0v) is 16.4. The Bertz CT molecular complexity index is 954. The van der Waals surface area contributed by atoms with Gasteiger partial charge in [0.1, 0.15) is 5.15 Å². The van der Waals surface area contributed by atoms with Crippen molar-refractivity contribution >= 4 is 38.9 Å². The summed E-state index contributed by atoms with van der Waals surface area (Å²) in [6.07, 6.45) is -3.07. The maximum Gasteiger partial charge on any atom is 0.422 e. The van der Waals surface area contributed by atoms with Gasteiger partial charge in [0.2, 0.25) is 10.0 Å². The third-order valence-electron chi connectivity index (χ3n) is 4.00. The van der Waals surface area contributed by atoms with Crippen LogP contribution in [0.5, 0.6) is 0 Å². The van der Waals surface area contributed by atoms with Crippen molar-refractivity contribution in [2.24, 2.45) is 0 Å². The highest BCUT2D eigenvalue weighted by atomic mass is 35.5. The summed E-state index contributed by atoms with van der Waals surface area (Å²) in [6.45, 7) is 1.16. The molecule has 148 valence electrons. The molecule has 5 nitrogen and oxygen atoms in total. The molecule has 0 radical (unpaired) electrons. The molecule has 11 heteroatoms. The highest BCUT2D eigenvalue weighted by Crippen LogP contribution is 2.50. The molecular weight excluding hydrogens is 428 g/mol. The average molecular weight is 443 g/mol. The van der Waals surface area contributed by atoms with E-state index in [0.717, 1.165) is 31.5 Å². The smallest absolute Gasteiger partial charge is 0.376 e. The number of aromatic nitrogens is 1. The minimum absolute atomic E-state index is 0.0246. The number of halogens is 5. The van der Waals surface area contributed by atoms with Gasteiger partial charge in [0, 0.05) is 22.8 Å². The van der Waals surface area contributed by atoms with Gasteiger partial charge in [0.15, 0.2) is 5.60 Å². The number of hydrogen-bond acceptors (Lipinski definition) is 4. The van der Waals surface area contributed by atoms with Crippen molar-refractivity contribution in [3.05, 3.63) is 57.8 Å². The van der Waals surface area contributed by atoms with Crippen molar-refractivity contribution in [3.8, 4) is 0 Å². The highest BCUT2D eigenvalue weighted by Gasteiger charge is 2.59. The second-order valence-corrected chi connectivity index (χ2v) is 8.51. The quantitative estimate of drug-likeness (QED) is 0.675. The number of nitrogens with zero attached hydrogens (tertiary/aromatic N) is 1. The Balaban J connectivity index is 2.55. The zero-order chi connectivity index (χ0) is 20.6. The fourth-order valence-electron chi connectivity index (χ4n) is 2.68. The summed E-state index contributed by atoms with van der Waals surface area (Å²) in [7, 11) is -3.59. The third kappa shape index (κ3) is 4.66. The molecule has 2 rings (SSSR count). The number of hydrogen-bond donors (Lipinski definition) is 2. The molecule has 2 aromatic rings. The van der Waals surface area contributed by atoms with Crippen molar-refractivity contribution in [2.45, 2.75) is 24.6 Å². The van der Waals surface area contributed by atoms with Crippen molar-refractivity contribution in [3.63, 3.8) is 0 Å². The Labute approximate surface area is 164 Å². The molecule has 1 aromatic carbocycles. The van der Waals surface area contributed by atoms with E-state index in [0.29, 0.717) is 0 Å². The largest absolute Gasteiger partial charge is 0.422 e. The minimum Gasteiger partial charge on any atom is -0.376 e. The Hall–Kier alpha value is -1.55. The molecule has 27 heavy (non-hydrogen) atoms. The highest BCUT2D eigenvalue weighted by molar-refractivity contribution is 7.92. The molecular formula is C16H15Cl2F3N2O3S. The van der Waals surface area contributed by atoms with Gasteiger partial charge < -0.3 is 5.11 Å². The monoisotopic (exact) mass is 442 g/mol. The van der Waals surface area contributed by atoms with Crippen LogP contribution in [0.2, 0.25) is 10.2 Å². The van der Waals surface area contributed by atoms with Gasteiger partial charge in [-0.05, 0) is 35.4 Å². The second-order valence-electron chi connectivity index (χ2n) is 5.96. The fraction of sp³-hybridized carbons (Fsp3) is 0.312. The number of aliphatic hydroxyl groups is 1. The lowest BCUT2D eigenvalue weighted by atomic mass is 9.78. The summed E-state index contributed by atoms with van der Waals surface area (Å²) in [5.74, 6) is -1.53. The molecule has 0 bridgehead atoms. The molecule has 1 aromatic heterocycles. The van der Waals surface area contributed by atoms with Crippen LogP contribution in [0.3, 0.4) is 0 Å². The molecule has 1 heterocycles. The van der Waals surface area contributed by atoms with Gasteiger partial charge in [-0.1, -0.05) is 36.2 Å². The van der Waals surface area contributed by atoms with Crippen molar-refractivity contribution < 1.29 is 26.7 Å². The van der Waals surface area contributed by atoms with Crippen LogP contribution in [-0.2, 0) is 15.6 Å². The average Bonchev–Trinajstić information content (AvgIpc) is 2.51. The SMILES string of the molecule is CC(c1ccc(NS(C)(=O)=O)cc1Cl)C(O)(c1ccnc(Cl)c1)C(F)(F)F. The number of sulfonamides is 1. The summed E-state index contributed by atoms with van der Waals surface area (Å²) in [4.78, 5) is 3.63. The fourth-order valence-corrected chi connectivity index (χ4v) is 3.75. The van der Waals surface area contributed by atoms with Crippen LogP contribution in [0.1, 0.15) is 24.0 Å². The summed E-state index contributed by atoms with van der Waals surface area (Å²) >= 11 is 11.8. The van der Waals surface area contributed by atoms with Crippen LogP contribution < -0.4 is 4.72 Å². The van der Waals surface area contributed by atoms with E-state index in [-0.39, 0.29) is 21.4 Å². The van der Waals surface area contributed by atoms with E-state index in [9.17, 15) is 26.7 Å². The van der Waals surface area contributed by atoms with Gasteiger partial charge in [-0.2, -0.15) is 13.2 Å². The van der Waals surface area contributed by atoms with E-state index in [4.69, 9.17) is 23.2 Å². The van der Waals surface area contributed by atoms with E-state index in [2.05, 4.69) is 9.71 Å². The van der Waals surface area contributed by atoms with Crippen LogP contribution >= 0.6 is 23.2 Å². The standard InChI is InChI=1S/C16H15Cl2F3N2O3S/c1-9(12-4-3-11(8-13(12)17)23-27(2,25)26)15(24,16(19,20)21)10-5-6-22-14(18)7-10/h3-9,23-24H,1-2H3. The zero-order valence-electron chi connectivity index (χ0n) is 14.1. The van der Waals surface area contributed by atoms with E-state index >= 15 is 0 Å². The lowest BCUT2D eigenvalue weighted by Gasteiger charge is -2.37. The number of nitrogens with one attached hydrogen (secondary N) is 1. The van der Waals surface area contributed by atoms with Gasteiger partial charge in [-0.15, -0.1) is 0 Å². The number of benzene rings is 1. The van der Waals surface area contributed by atoms with Gasteiger partial charge in [0.25, 0.3) is 0 Å². The first-order valence-electron chi connectivity index (χ1n) is 7.44. The van der Waals surface area contributed by atoms with Crippen LogP contribution in [0, 0.1) is 0 Å². The second kappa shape index (κ2) is 7.46. The van der Waals surface area contributed by atoms with Gasteiger partial charge in [-0.25, -0.2) is 13.4 Å². The normalized spacial score (nSPS) is 15.9. The lowest BCUT2D eigenvalue weighted by Crippen LogP contribution is -2.46. The van der Waals surface area contributed by atoms with Gasteiger partial charge >= 0.3 is 6.18 Å². The minimum atomic E-state index is -5.05. The number of pyridine rings is 1. The Morgan fingerprint density at radius 3 is 2.30 bits per heavy atom. The molecule has 0 saturated heterocycles. The Kier molecular flexibility index (Phi) is 6.01. The molecule has 0 amide bonds. The topological polar surface area (TPSA) is 79.3 Å². The van der Waals surface area contributed by atoms with Crippen LogP contribution in [0.4, 0.5) is 18.9 Å². The predicted octanol–water partition coefficient (Wildman–Crippen LogP) is 4.31. The first-order chi connectivity index (χ1) is 12.3. The number of anilines is 1. The molecule has 2 N–H and O–H groups in total. The first-order valence-corrected chi connectivity index (χ1v) is 10.1. The van der Waals surface area contributed by atoms with E-state index in [1.165, 1.54) is 18.2 Å². The molecule has 2 unspecified atom stereocenters. The third-order valence-corrected chi connectivity index (χ3v) is 5.14. The number of alkyl halides is 3. The van der Waals surface area contributed by atoms with Crippen molar-refractivity contribution in [2.75, 3.05) is 11.0 Å². The van der Waals surface area contributed by atoms with E-state index in [1.54, 1.807) is 0 Å². The van der Waals surface area contributed by atoms with E-state index in [1.807, 2.05) is 0 Å². The number of rotatable bonds is 5. The van der Waals surface area contributed by atoms with Crippen LogP contribution in [0.15, 0.2) is 36.5 Å². The summed E-state index contributed by atoms with van der Waals surface area (Å²) in [6, 6.07) is 5.60.